The molecule has 0 aromatic carbocycles. The van der Waals surface area contributed by atoms with Crippen LogP contribution in [0.15, 0.2) is 36.9 Å². The molecule has 1 N–H and O–H groups in total. The van der Waals surface area contributed by atoms with E-state index in [2.05, 4.69) is 25.0 Å². The van der Waals surface area contributed by atoms with Crippen LogP contribution >= 0.6 is 0 Å². The Balaban J connectivity index is 0.000000312. The number of pyridine rings is 1. The quantitative estimate of drug-likeness (QED) is 0.848. The number of hydrogen-bond donors (Lipinski definition) is 1. The minimum Gasteiger partial charge on any atom is -0.468 e. The Morgan fingerprint density at radius 3 is 2.63 bits per heavy atom. The van der Waals surface area contributed by atoms with Crippen LogP contribution in [0.4, 0.5) is 11.5 Å². The van der Waals surface area contributed by atoms with Gasteiger partial charge in [0.25, 0.3) is 6.47 Å². The highest BCUT2D eigenvalue weighted by Crippen LogP contribution is 2.10. The van der Waals surface area contributed by atoms with Crippen LogP contribution in [0, 0.1) is 6.92 Å². The Hall–Kier alpha value is -2.50. The first-order chi connectivity index (χ1) is 9.26. The number of rotatable bonds is 4. The highest BCUT2D eigenvalue weighted by atomic mass is 16.5. The van der Waals surface area contributed by atoms with Crippen LogP contribution < -0.4 is 5.32 Å². The number of nitrogens with zero attached hydrogens (tertiary/aromatic N) is 3. The van der Waals surface area contributed by atoms with E-state index in [9.17, 15) is 4.79 Å². The van der Waals surface area contributed by atoms with Gasteiger partial charge in [-0.3, -0.25) is 14.8 Å². The largest absolute Gasteiger partial charge is 0.468 e. The first kappa shape index (κ1) is 14.6. The number of hydrogen-bond acceptors (Lipinski definition) is 6. The Morgan fingerprint density at radius 1 is 1.32 bits per heavy atom. The van der Waals surface area contributed by atoms with E-state index < -0.39 is 0 Å². The van der Waals surface area contributed by atoms with Crippen molar-refractivity contribution >= 4 is 18.0 Å². The van der Waals surface area contributed by atoms with Crippen molar-refractivity contribution in [1.29, 1.82) is 0 Å². The second-order valence-corrected chi connectivity index (χ2v) is 3.46. The van der Waals surface area contributed by atoms with Crippen LogP contribution in [0.2, 0.25) is 0 Å². The van der Waals surface area contributed by atoms with Gasteiger partial charge in [-0.2, -0.15) is 0 Å². The maximum absolute atomic E-state index is 9.18. The van der Waals surface area contributed by atoms with Crippen LogP contribution in [-0.2, 0) is 9.53 Å². The zero-order chi connectivity index (χ0) is 13.9. The van der Waals surface area contributed by atoms with Crippen LogP contribution in [0.5, 0.6) is 0 Å². The third-order valence-electron chi connectivity index (χ3n) is 1.95. The van der Waals surface area contributed by atoms with Gasteiger partial charge >= 0.3 is 0 Å². The van der Waals surface area contributed by atoms with Gasteiger partial charge < -0.3 is 10.1 Å². The Labute approximate surface area is 111 Å². The molecule has 0 fully saturated rings. The molecule has 0 bridgehead atoms. The summed E-state index contributed by atoms with van der Waals surface area (Å²) >= 11 is 0. The van der Waals surface area contributed by atoms with Gasteiger partial charge in [-0.05, 0) is 26.0 Å². The zero-order valence-corrected chi connectivity index (χ0v) is 10.9. The van der Waals surface area contributed by atoms with Crippen molar-refractivity contribution in [2.75, 3.05) is 11.9 Å². The van der Waals surface area contributed by atoms with Gasteiger partial charge in [0, 0.05) is 6.20 Å². The molecule has 0 saturated heterocycles. The Morgan fingerprint density at radius 2 is 2.16 bits per heavy atom. The number of anilines is 2. The van der Waals surface area contributed by atoms with E-state index in [4.69, 9.17) is 0 Å². The molecule has 6 heteroatoms. The average molecular weight is 260 g/mol. The monoisotopic (exact) mass is 260 g/mol. The minimum absolute atomic E-state index is 0.431. The molecular formula is C13H16N4O2. The molecule has 0 unspecified atom stereocenters. The molecule has 0 radical (unpaired) electrons. The van der Waals surface area contributed by atoms with Gasteiger partial charge in [0.2, 0.25) is 0 Å². The summed E-state index contributed by atoms with van der Waals surface area (Å²) in [5.74, 6) is 0.726. The van der Waals surface area contributed by atoms with Crippen molar-refractivity contribution < 1.29 is 9.53 Å². The number of nitrogens with one attached hydrogen (secondary N) is 1. The Kier molecular flexibility index (Phi) is 6.57. The van der Waals surface area contributed by atoms with E-state index in [-0.39, 0.29) is 0 Å². The fourth-order valence-corrected chi connectivity index (χ4v) is 1.11. The molecule has 0 aliphatic heterocycles. The summed E-state index contributed by atoms with van der Waals surface area (Å²) in [6, 6.07) is 3.79. The highest BCUT2D eigenvalue weighted by Gasteiger charge is 1.94. The lowest BCUT2D eigenvalue weighted by atomic mass is 10.4. The van der Waals surface area contributed by atoms with Crippen LogP contribution in [0.25, 0.3) is 0 Å². The molecule has 0 aliphatic rings. The summed E-state index contributed by atoms with van der Waals surface area (Å²) in [5.41, 5.74) is 1.81. The van der Waals surface area contributed by atoms with Gasteiger partial charge in [0.15, 0.2) is 0 Å². The van der Waals surface area contributed by atoms with Gasteiger partial charge in [-0.15, -0.1) is 0 Å². The summed E-state index contributed by atoms with van der Waals surface area (Å²) in [7, 11) is 0. The van der Waals surface area contributed by atoms with E-state index in [1.807, 2.05) is 19.1 Å². The molecule has 2 heterocycles. The van der Waals surface area contributed by atoms with E-state index in [1.165, 1.54) is 0 Å². The molecule has 6 nitrogen and oxygen atoms in total. The standard InChI is InChI=1S/C10H10N4.C3H6O2/c1-8-5-13-10(7-12-8)14-9-3-2-4-11-6-9;1-2-5-3-4/h2-7H,1H3,(H,13,14);3H,2H2,1H3. The van der Waals surface area contributed by atoms with E-state index in [0.717, 1.165) is 17.2 Å². The summed E-state index contributed by atoms with van der Waals surface area (Å²) in [6.45, 7) is 4.57. The fourth-order valence-electron chi connectivity index (χ4n) is 1.11. The van der Waals surface area contributed by atoms with E-state index >= 15 is 0 Å². The lowest BCUT2D eigenvalue weighted by Crippen LogP contribution is -1.95. The van der Waals surface area contributed by atoms with E-state index in [0.29, 0.717) is 13.1 Å². The summed E-state index contributed by atoms with van der Waals surface area (Å²) in [5, 5.41) is 3.10. The average Bonchev–Trinajstić information content (AvgIpc) is 2.44. The van der Waals surface area contributed by atoms with Crippen LogP contribution in [0.1, 0.15) is 12.6 Å². The lowest BCUT2D eigenvalue weighted by molar-refractivity contribution is -0.128. The Bertz CT molecular complexity index is 474. The molecule has 0 aliphatic carbocycles. The molecule has 0 spiro atoms. The lowest BCUT2D eigenvalue weighted by Gasteiger charge is -2.03. The maximum Gasteiger partial charge on any atom is 0.293 e. The van der Waals surface area contributed by atoms with Crippen molar-refractivity contribution in [3.05, 3.63) is 42.6 Å². The van der Waals surface area contributed by atoms with Crippen LogP contribution in [0.3, 0.4) is 0 Å². The summed E-state index contributed by atoms with van der Waals surface area (Å²) < 4.78 is 4.15. The highest BCUT2D eigenvalue weighted by molar-refractivity contribution is 5.53. The molecule has 0 saturated carbocycles. The normalized spacial score (nSPS) is 8.95. The van der Waals surface area contributed by atoms with Crippen molar-refractivity contribution in [2.24, 2.45) is 0 Å². The third-order valence-corrected chi connectivity index (χ3v) is 1.95. The molecule has 100 valence electrons. The fraction of sp³-hybridized carbons (Fsp3) is 0.231. The molecule has 0 amide bonds. The van der Waals surface area contributed by atoms with Gasteiger partial charge in [-0.1, -0.05) is 0 Å². The molecular weight excluding hydrogens is 244 g/mol. The number of aryl methyl sites for hydroxylation is 1. The first-order valence-electron chi connectivity index (χ1n) is 5.77. The SMILES string of the molecule is CCOC=O.Cc1cnc(Nc2cccnc2)cn1. The van der Waals surface area contributed by atoms with Crippen LogP contribution in [-0.4, -0.2) is 28.0 Å². The van der Waals surface area contributed by atoms with Crippen molar-refractivity contribution in [3.8, 4) is 0 Å². The van der Waals surface area contributed by atoms with Crippen molar-refractivity contribution in [2.45, 2.75) is 13.8 Å². The number of ether oxygens (including phenoxy) is 1. The van der Waals surface area contributed by atoms with Gasteiger partial charge in [0.05, 0.1) is 36.6 Å². The summed E-state index contributed by atoms with van der Waals surface area (Å²) in [4.78, 5) is 21.5. The topological polar surface area (TPSA) is 77.0 Å². The molecule has 2 aromatic heterocycles. The second kappa shape index (κ2) is 8.57. The number of aromatic nitrogens is 3. The first-order valence-corrected chi connectivity index (χ1v) is 5.77. The smallest absolute Gasteiger partial charge is 0.293 e. The molecule has 19 heavy (non-hydrogen) atoms. The van der Waals surface area contributed by atoms with Gasteiger partial charge in [-0.25, -0.2) is 4.98 Å². The molecule has 0 atom stereocenters. The van der Waals surface area contributed by atoms with Crippen molar-refractivity contribution in [1.82, 2.24) is 15.0 Å². The number of carbonyl (C=O) groups excluding carboxylic acids is 1. The third kappa shape index (κ3) is 6.11. The second-order valence-electron chi connectivity index (χ2n) is 3.46. The molecule has 2 aromatic rings. The number of carbonyl (C=O) groups is 1. The van der Waals surface area contributed by atoms with Crippen molar-refractivity contribution in [3.63, 3.8) is 0 Å². The zero-order valence-electron chi connectivity index (χ0n) is 10.9. The summed E-state index contributed by atoms with van der Waals surface area (Å²) in [6.07, 6.45) is 6.88. The predicted molar refractivity (Wildman–Crippen MR) is 72.0 cm³/mol. The van der Waals surface area contributed by atoms with E-state index in [1.54, 1.807) is 31.7 Å². The predicted octanol–water partition coefficient (Wildman–Crippen LogP) is 2.10. The maximum atomic E-state index is 9.18. The minimum atomic E-state index is 0.431. The molecule has 2 rings (SSSR count). The van der Waals surface area contributed by atoms with Gasteiger partial charge in [0.1, 0.15) is 5.82 Å².